The number of cyclic esters (lactones) is 1. The molecule has 4 bridgehead atoms. The number of hydrogen-bond acceptors (Lipinski definition) is 5. The monoisotopic (exact) mass is 410 g/mol. The molecule has 2 aliphatic heterocycles. The topological polar surface area (TPSA) is 79.5 Å². The van der Waals surface area contributed by atoms with Gasteiger partial charge in [-0.2, -0.15) is 5.10 Å². The van der Waals surface area contributed by atoms with Crippen molar-refractivity contribution < 1.29 is 19.0 Å². The Morgan fingerprint density at radius 1 is 1.07 bits per heavy atom. The van der Waals surface area contributed by atoms with E-state index in [-0.39, 0.29) is 6.23 Å². The van der Waals surface area contributed by atoms with E-state index in [2.05, 4.69) is 17.4 Å². The summed E-state index contributed by atoms with van der Waals surface area (Å²) < 4.78 is 21.2. The number of amides is 1. The van der Waals surface area contributed by atoms with Crippen LogP contribution in [0.3, 0.4) is 0 Å². The molecule has 4 heterocycles. The van der Waals surface area contributed by atoms with E-state index in [4.69, 9.17) is 19.3 Å². The zero-order chi connectivity index (χ0) is 20.3. The lowest BCUT2D eigenvalue weighted by Crippen LogP contribution is -2.27. The summed E-state index contributed by atoms with van der Waals surface area (Å²) in [6.45, 7) is 2.69. The Balaban J connectivity index is 1.55. The number of benzene rings is 1. The summed E-state index contributed by atoms with van der Waals surface area (Å²) in [6, 6.07) is 8.14. The molecule has 1 saturated heterocycles. The summed E-state index contributed by atoms with van der Waals surface area (Å²) in [5.74, 6) is 0.793. The van der Waals surface area contributed by atoms with Gasteiger partial charge in [-0.25, -0.2) is 9.48 Å². The molecule has 1 unspecified atom stereocenters. The number of fused-ring (bicyclic) bond motifs is 4. The number of alkyl carbamates (subject to hydrolysis) is 1. The van der Waals surface area contributed by atoms with Crippen molar-refractivity contribution in [2.75, 3.05) is 26.4 Å². The largest absolute Gasteiger partial charge is 0.494 e. The summed E-state index contributed by atoms with van der Waals surface area (Å²) in [4.78, 5) is 11.8. The molecule has 1 aromatic carbocycles. The third-order valence-electron chi connectivity index (χ3n) is 5.57. The van der Waals surface area contributed by atoms with Crippen molar-refractivity contribution >= 4 is 17.0 Å². The Labute approximate surface area is 174 Å². The molecule has 5 rings (SSSR count). The second kappa shape index (κ2) is 8.39. The van der Waals surface area contributed by atoms with Crippen LogP contribution in [0.2, 0.25) is 0 Å². The van der Waals surface area contributed by atoms with Crippen LogP contribution in [0, 0.1) is 0 Å². The maximum absolute atomic E-state index is 11.8. The maximum atomic E-state index is 11.8. The van der Waals surface area contributed by atoms with Gasteiger partial charge in [0.05, 0.1) is 18.7 Å². The van der Waals surface area contributed by atoms with Crippen LogP contribution in [0.4, 0.5) is 4.79 Å². The highest BCUT2D eigenvalue weighted by molar-refractivity contribution is 5.94. The number of aromatic nitrogens is 3. The van der Waals surface area contributed by atoms with Crippen molar-refractivity contribution in [3.63, 3.8) is 0 Å². The van der Waals surface area contributed by atoms with Crippen LogP contribution >= 0.6 is 0 Å². The van der Waals surface area contributed by atoms with Crippen LogP contribution in [-0.4, -0.2) is 46.8 Å². The highest BCUT2D eigenvalue weighted by Crippen LogP contribution is 2.35. The first-order chi connectivity index (χ1) is 14.8. The number of ether oxygens (including phenoxy) is 3. The van der Waals surface area contributed by atoms with Crippen molar-refractivity contribution in [1.82, 2.24) is 19.7 Å². The summed E-state index contributed by atoms with van der Waals surface area (Å²) in [6.07, 6.45) is 7.50. The molecule has 0 radical (unpaired) electrons. The van der Waals surface area contributed by atoms with E-state index in [1.54, 1.807) is 0 Å². The second-order valence-corrected chi connectivity index (χ2v) is 7.70. The molecule has 2 aromatic heterocycles. The predicted molar refractivity (Wildman–Crippen MR) is 111 cm³/mol. The highest BCUT2D eigenvalue weighted by Gasteiger charge is 2.22. The Morgan fingerprint density at radius 2 is 2.03 bits per heavy atom. The predicted octanol–water partition coefficient (Wildman–Crippen LogP) is 3.71. The minimum atomic E-state index is -0.399. The molecule has 0 saturated carbocycles. The van der Waals surface area contributed by atoms with E-state index >= 15 is 0 Å². The molecule has 8 heteroatoms. The van der Waals surface area contributed by atoms with Gasteiger partial charge in [0.1, 0.15) is 18.1 Å². The fourth-order valence-corrected chi connectivity index (χ4v) is 4.03. The summed E-state index contributed by atoms with van der Waals surface area (Å²) >= 11 is 0. The molecule has 1 fully saturated rings. The summed E-state index contributed by atoms with van der Waals surface area (Å²) in [5.41, 5.74) is 2.98. The molecular formula is C22H26N4O4. The third kappa shape index (κ3) is 3.87. The molecule has 30 heavy (non-hydrogen) atoms. The number of nitrogens with one attached hydrogen (secondary N) is 1. The fourth-order valence-electron chi connectivity index (χ4n) is 4.03. The number of carbonyl (C=O) groups is 1. The van der Waals surface area contributed by atoms with E-state index in [1.165, 1.54) is 0 Å². The average molecular weight is 410 g/mol. The minimum absolute atomic E-state index is 0.0385. The SMILES string of the molecule is O=C1NCCCOc2ccc3c(c2)c(nn3C2CCCCO2)-c2ccn(c2)CCO1. The zero-order valence-electron chi connectivity index (χ0n) is 16.9. The van der Waals surface area contributed by atoms with E-state index in [1.807, 2.05) is 33.8 Å². The van der Waals surface area contributed by atoms with Gasteiger partial charge in [0.25, 0.3) is 0 Å². The van der Waals surface area contributed by atoms with Gasteiger partial charge in [0.15, 0.2) is 6.23 Å². The quantitative estimate of drug-likeness (QED) is 0.662. The molecule has 2 aliphatic rings. The Hall–Kier alpha value is -3.00. The standard InChI is InChI=1S/C22H26N4O4/c27-22-23-8-3-12-28-17-5-6-19-18(14-17)21(16-7-9-25(15-16)10-13-30-22)24-26(19)20-4-1-2-11-29-20/h5-7,9,14-15,20H,1-4,8,10-13H2,(H,23,27). The second-order valence-electron chi connectivity index (χ2n) is 7.70. The first-order valence-corrected chi connectivity index (χ1v) is 10.6. The first-order valence-electron chi connectivity index (χ1n) is 10.6. The lowest BCUT2D eigenvalue weighted by molar-refractivity contribution is -0.0365. The van der Waals surface area contributed by atoms with Gasteiger partial charge in [0.2, 0.25) is 0 Å². The lowest BCUT2D eigenvalue weighted by Gasteiger charge is -2.23. The van der Waals surface area contributed by atoms with Gasteiger partial charge in [-0.3, -0.25) is 0 Å². The van der Waals surface area contributed by atoms with Crippen molar-refractivity contribution in [2.24, 2.45) is 0 Å². The Morgan fingerprint density at radius 3 is 2.93 bits per heavy atom. The zero-order valence-corrected chi connectivity index (χ0v) is 16.9. The van der Waals surface area contributed by atoms with Gasteiger partial charge in [-0.15, -0.1) is 0 Å². The normalized spacial score (nSPS) is 20.5. The average Bonchev–Trinajstić information content (AvgIpc) is 3.38. The van der Waals surface area contributed by atoms with Crippen LogP contribution in [0.25, 0.3) is 22.2 Å². The smallest absolute Gasteiger partial charge is 0.407 e. The maximum Gasteiger partial charge on any atom is 0.407 e. The molecule has 1 atom stereocenters. The highest BCUT2D eigenvalue weighted by atomic mass is 16.5. The molecule has 1 N–H and O–H groups in total. The summed E-state index contributed by atoms with van der Waals surface area (Å²) in [5, 5.41) is 8.77. The third-order valence-corrected chi connectivity index (χ3v) is 5.57. The Bertz CT molecular complexity index is 1040. The van der Waals surface area contributed by atoms with Gasteiger partial charge in [-0.1, -0.05) is 0 Å². The van der Waals surface area contributed by atoms with Crippen molar-refractivity contribution in [1.29, 1.82) is 0 Å². The lowest BCUT2D eigenvalue weighted by atomic mass is 10.1. The van der Waals surface area contributed by atoms with Gasteiger partial charge < -0.3 is 24.1 Å². The van der Waals surface area contributed by atoms with E-state index in [9.17, 15) is 4.79 Å². The fraction of sp³-hybridized carbons (Fsp3) is 0.455. The molecule has 3 aromatic rings. The minimum Gasteiger partial charge on any atom is -0.494 e. The van der Waals surface area contributed by atoms with Crippen molar-refractivity contribution in [3.05, 3.63) is 36.7 Å². The van der Waals surface area contributed by atoms with E-state index in [0.717, 1.165) is 53.8 Å². The Kier molecular flexibility index (Phi) is 5.31. The van der Waals surface area contributed by atoms with Gasteiger partial charge >= 0.3 is 6.09 Å². The van der Waals surface area contributed by atoms with Crippen LogP contribution in [-0.2, 0) is 16.0 Å². The molecule has 0 aliphatic carbocycles. The van der Waals surface area contributed by atoms with Crippen molar-refractivity contribution in [2.45, 2.75) is 38.5 Å². The molecule has 1 amide bonds. The summed E-state index contributed by atoms with van der Waals surface area (Å²) in [7, 11) is 0. The van der Waals surface area contributed by atoms with Crippen molar-refractivity contribution in [3.8, 4) is 17.0 Å². The first kappa shape index (κ1) is 19.0. The van der Waals surface area contributed by atoms with Crippen LogP contribution < -0.4 is 10.1 Å². The molecule has 158 valence electrons. The number of carbonyl (C=O) groups excluding carboxylic acids is 1. The van der Waals surface area contributed by atoms with E-state index < -0.39 is 6.09 Å². The number of hydrogen-bond donors (Lipinski definition) is 1. The van der Waals surface area contributed by atoms with Crippen LogP contribution in [0.15, 0.2) is 36.7 Å². The van der Waals surface area contributed by atoms with Gasteiger partial charge in [-0.05, 0) is 49.9 Å². The molecule has 8 nitrogen and oxygen atoms in total. The van der Waals surface area contributed by atoms with Gasteiger partial charge in [0, 0.05) is 36.5 Å². The van der Waals surface area contributed by atoms with E-state index in [0.29, 0.717) is 32.7 Å². The van der Waals surface area contributed by atoms with Crippen LogP contribution in [0.5, 0.6) is 5.75 Å². The molecular weight excluding hydrogens is 384 g/mol. The van der Waals surface area contributed by atoms with Crippen LogP contribution in [0.1, 0.15) is 31.9 Å². The number of rotatable bonds is 1. The molecule has 0 spiro atoms. The number of nitrogens with zero attached hydrogens (tertiary/aromatic N) is 3.